The molecule has 27 heavy (non-hydrogen) atoms. The molecule has 0 amide bonds. The molecule has 0 saturated heterocycles. The molecular formula is C21H37N2O3Si+. The first kappa shape index (κ1) is 22.1. The lowest BCUT2D eigenvalue weighted by atomic mass is 10.0. The van der Waals surface area contributed by atoms with E-state index in [0.29, 0.717) is 19.8 Å². The first-order valence-electron chi connectivity index (χ1n) is 10.3. The molecule has 0 N–H and O–H groups in total. The highest BCUT2D eigenvalue weighted by Gasteiger charge is 2.40. The lowest BCUT2D eigenvalue weighted by molar-refractivity contribution is -0.513. The Morgan fingerprint density at radius 2 is 1.52 bits per heavy atom. The Morgan fingerprint density at radius 3 is 2.04 bits per heavy atom. The van der Waals surface area contributed by atoms with Crippen LogP contribution in [-0.2, 0) is 13.3 Å². The fourth-order valence-electron chi connectivity index (χ4n) is 4.01. The first-order chi connectivity index (χ1) is 12.9. The molecule has 0 atom stereocenters. The molecule has 152 valence electrons. The van der Waals surface area contributed by atoms with Gasteiger partial charge in [-0.25, -0.2) is 4.90 Å². The molecule has 0 unspecified atom stereocenters. The van der Waals surface area contributed by atoms with Gasteiger partial charge in [0.15, 0.2) is 0 Å². The third kappa shape index (κ3) is 5.88. The van der Waals surface area contributed by atoms with Gasteiger partial charge in [-0.3, -0.25) is 4.58 Å². The van der Waals surface area contributed by atoms with Crippen LogP contribution in [0, 0.1) is 20.8 Å². The summed E-state index contributed by atoms with van der Waals surface area (Å²) in [6.45, 7) is 17.6. The van der Waals surface area contributed by atoms with Crippen LogP contribution in [0.15, 0.2) is 12.1 Å². The van der Waals surface area contributed by atoms with Crippen LogP contribution in [-0.4, -0.2) is 59.2 Å². The van der Waals surface area contributed by atoms with E-state index in [-0.39, 0.29) is 0 Å². The zero-order valence-electron chi connectivity index (χ0n) is 18.0. The average molecular weight is 394 g/mol. The van der Waals surface area contributed by atoms with Crippen molar-refractivity contribution in [2.75, 3.05) is 44.4 Å². The van der Waals surface area contributed by atoms with E-state index in [9.17, 15) is 0 Å². The molecule has 6 heteroatoms. The first-order valence-corrected chi connectivity index (χ1v) is 12.2. The van der Waals surface area contributed by atoms with Crippen molar-refractivity contribution in [3.05, 3.63) is 28.8 Å². The molecule has 0 radical (unpaired) electrons. The van der Waals surface area contributed by atoms with Crippen molar-refractivity contribution in [2.45, 2.75) is 54.0 Å². The number of rotatable bonds is 11. The van der Waals surface area contributed by atoms with Crippen molar-refractivity contribution >= 4 is 20.8 Å². The van der Waals surface area contributed by atoms with Gasteiger partial charge in [-0.05, 0) is 59.1 Å². The fourth-order valence-corrected chi connectivity index (χ4v) is 6.61. The topological polar surface area (TPSA) is 33.9 Å². The Kier molecular flexibility index (Phi) is 8.48. The summed E-state index contributed by atoms with van der Waals surface area (Å²) < 4.78 is 20.3. The van der Waals surface area contributed by atoms with Gasteiger partial charge in [-0.2, -0.15) is 0 Å². The van der Waals surface area contributed by atoms with Crippen molar-refractivity contribution in [2.24, 2.45) is 0 Å². The van der Waals surface area contributed by atoms with E-state index < -0.39 is 8.80 Å². The normalized spacial score (nSPS) is 14.7. The van der Waals surface area contributed by atoms with Gasteiger partial charge in [0.25, 0.3) is 0 Å². The van der Waals surface area contributed by atoms with Crippen LogP contribution in [0.25, 0.3) is 0 Å². The van der Waals surface area contributed by atoms with Gasteiger partial charge in [0.05, 0.1) is 6.54 Å². The quantitative estimate of drug-likeness (QED) is 0.422. The number of anilines is 1. The Bertz CT molecular complexity index is 608. The monoisotopic (exact) mass is 393 g/mol. The summed E-state index contributed by atoms with van der Waals surface area (Å²) in [6, 6.07) is 5.41. The summed E-state index contributed by atoms with van der Waals surface area (Å²) >= 11 is 0. The summed E-state index contributed by atoms with van der Waals surface area (Å²) in [5.74, 6) is 0. The Balaban J connectivity index is 1.99. The SMILES string of the molecule is CCO[Si](CCC[N+]1=CN(c2c(C)cc(C)cc2C)CC1)(OCC)OCC. The second-order valence-corrected chi connectivity index (χ2v) is 9.91. The van der Waals surface area contributed by atoms with Crippen molar-refractivity contribution < 1.29 is 17.9 Å². The maximum absolute atomic E-state index is 5.96. The van der Waals surface area contributed by atoms with E-state index in [4.69, 9.17) is 13.3 Å². The van der Waals surface area contributed by atoms with Gasteiger partial charge in [0, 0.05) is 25.9 Å². The lowest BCUT2D eigenvalue weighted by Gasteiger charge is -2.28. The third-order valence-electron chi connectivity index (χ3n) is 4.87. The highest BCUT2D eigenvalue weighted by molar-refractivity contribution is 6.60. The second kappa shape index (κ2) is 10.4. The minimum Gasteiger partial charge on any atom is -0.374 e. The smallest absolute Gasteiger partial charge is 0.374 e. The molecule has 1 aromatic carbocycles. The molecule has 0 spiro atoms. The second-order valence-electron chi connectivity index (χ2n) is 7.18. The van der Waals surface area contributed by atoms with E-state index >= 15 is 0 Å². The summed E-state index contributed by atoms with van der Waals surface area (Å²) in [5, 5.41) is 0. The Labute approximate surface area is 166 Å². The highest BCUT2D eigenvalue weighted by Crippen LogP contribution is 2.26. The average Bonchev–Trinajstić information content (AvgIpc) is 3.03. The van der Waals surface area contributed by atoms with Crippen LogP contribution in [0.1, 0.15) is 43.9 Å². The van der Waals surface area contributed by atoms with Crippen molar-refractivity contribution in [3.8, 4) is 0 Å². The molecule has 0 aromatic heterocycles. The van der Waals surface area contributed by atoms with Crippen LogP contribution in [0.4, 0.5) is 5.69 Å². The molecule has 1 aliphatic heterocycles. The van der Waals surface area contributed by atoms with Gasteiger partial charge in [-0.15, -0.1) is 0 Å². The van der Waals surface area contributed by atoms with E-state index in [1.807, 2.05) is 20.8 Å². The number of hydrogen-bond donors (Lipinski definition) is 0. The van der Waals surface area contributed by atoms with Crippen LogP contribution in [0.2, 0.25) is 6.04 Å². The predicted molar refractivity (Wildman–Crippen MR) is 114 cm³/mol. The summed E-state index contributed by atoms with van der Waals surface area (Å²) in [4.78, 5) is 2.39. The van der Waals surface area contributed by atoms with Crippen molar-refractivity contribution in [1.82, 2.24) is 0 Å². The maximum Gasteiger partial charge on any atom is 0.501 e. The van der Waals surface area contributed by atoms with Gasteiger partial charge < -0.3 is 13.3 Å². The number of nitrogens with zero attached hydrogens (tertiary/aromatic N) is 2. The van der Waals surface area contributed by atoms with E-state index in [1.165, 1.54) is 22.4 Å². The highest BCUT2D eigenvalue weighted by atomic mass is 28.4. The largest absolute Gasteiger partial charge is 0.501 e. The zero-order valence-corrected chi connectivity index (χ0v) is 19.0. The van der Waals surface area contributed by atoms with E-state index in [0.717, 1.165) is 32.1 Å². The lowest BCUT2D eigenvalue weighted by Crippen LogP contribution is -2.46. The number of aryl methyl sites for hydroxylation is 3. The molecular weight excluding hydrogens is 356 g/mol. The number of benzene rings is 1. The number of hydrogen-bond acceptors (Lipinski definition) is 4. The minimum atomic E-state index is -2.53. The molecule has 0 bridgehead atoms. The van der Waals surface area contributed by atoms with Crippen LogP contribution in [0.3, 0.4) is 0 Å². The Hall–Kier alpha value is -1.21. The predicted octanol–water partition coefficient (Wildman–Crippen LogP) is 3.91. The molecule has 2 rings (SSSR count). The molecule has 1 aromatic rings. The van der Waals surface area contributed by atoms with E-state index in [2.05, 4.69) is 48.7 Å². The zero-order chi connectivity index (χ0) is 19.9. The fraction of sp³-hybridized carbons (Fsp3) is 0.667. The van der Waals surface area contributed by atoms with E-state index in [1.54, 1.807) is 0 Å². The third-order valence-corrected chi connectivity index (χ3v) is 8.03. The summed E-state index contributed by atoms with van der Waals surface area (Å²) in [7, 11) is -2.53. The maximum atomic E-state index is 5.96. The van der Waals surface area contributed by atoms with Gasteiger partial charge in [-0.1, -0.05) is 17.7 Å². The Morgan fingerprint density at radius 1 is 0.963 bits per heavy atom. The molecule has 1 aliphatic rings. The van der Waals surface area contributed by atoms with Crippen molar-refractivity contribution in [1.29, 1.82) is 0 Å². The minimum absolute atomic E-state index is 0.641. The molecule has 0 saturated carbocycles. The molecule has 1 heterocycles. The van der Waals surface area contributed by atoms with Crippen LogP contribution in [0.5, 0.6) is 0 Å². The standard InChI is InChI=1S/C21H37N2O3Si/c1-7-24-27(25-8-2,26-9-3)14-10-11-22-12-13-23(17-22)21-19(5)15-18(4)16-20(21)6/h15-17H,7-14H2,1-6H3/q+1. The molecule has 0 aliphatic carbocycles. The van der Waals surface area contributed by atoms with Crippen LogP contribution < -0.4 is 4.90 Å². The molecule has 5 nitrogen and oxygen atoms in total. The molecule has 0 fully saturated rings. The van der Waals surface area contributed by atoms with Gasteiger partial charge in [0.2, 0.25) is 6.34 Å². The van der Waals surface area contributed by atoms with Gasteiger partial charge >= 0.3 is 8.80 Å². The summed E-state index contributed by atoms with van der Waals surface area (Å²) in [6.07, 6.45) is 3.29. The van der Waals surface area contributed by atoms with Gasteiger partial charge in [0.1, 0.15) is 18.8 Å². The van der Waals surface area contributed by atoms with Crippen LogP contribution >= 0.6 is 0 Å². The summed E-state index contributed by atoms with van der Waals surface area (Å²) in [5.41, 5.74) is 5.38. The van der Waals surface area contributed by atoms with Crippen molar-refractivity contribution in [3.63, 3.8) is 0 Å².